The van der Waals surface area contributed by atoms with Crippen LogP contribution in [-0.4, -0.2) is 57.8 Å². The van der Waals surface area contributed by atoms with Crippen molar-refractivity contribution in [2.45, 2.75) is 39.7 Å². The Morgan fingerprint density at radius 3 is 2.26 bits per heavy atom. The molecule has 3 N–H and O–H groups in total. The number of nitrogens with one attached hydrogen (secondary N) is 2. The molecule has 0 bridgehead atoms. The minimum absolute atomic E-state index is 0.0420. The first-order chi connectivity index (χ1) is 19.8. The lowest BCUT2D eigenvalue weighted by atomic mass is 10.0. The molecule has 0 spiro atoms. The van der Waals surface area contributed by atoms with E-state index in [0.717, 1.165) is 4.90 Å². The van der Waals surface area contributed by atoms with Crippen LogP contribution in [0.2, 0.25) is 10.0 Å². The van der Waals surface area contributed by atoms with E-state index in [0.29, 0.717) is 35.8 Å². The molecule has 13 heteroatoms. The number of carboxylic acid groups (broad SMARTS) is 1. The number of carbonyl (C=O) groups is 3. The minimum Gasteiger partial charge on any atom is -0.490 e. The molecule has 0 heterocycles. The number of hydroxylamine groups is 1. The van der Waals surface area contributed by atoms with Gasteiger partial charge in [-0.3, -0.25) is 24.8 Å². The molecule has 0 radical (unpaired) electrons. The van der Waals surface area contributed by atoms with Crippen LogP contribution in [0.25, 0.3) is 5.70 Å². The molecule has 2 aromatic rings. The summed E-state index contributed by atoms with van der Waals surface area (Å²) in [7, 11) is 0. The van der Waals surface area contributed by atoms with Crippen molar-refractivity contribution < 1.29 is 29.1 Å². The SMILES string of the molecule is C=CCOc1ccc(C(=CC(=O)N=C(Cc2cc(Cl)c(NC(=O)CBr)c(Cl)c2)N(C(=O)O)C(C)(C)C)NOCC)cc1. The summed E-state index contributed by atoms with van der Waals surface area (Å²) in [6.07, 6.45) is 1.41. The summed E-state index contributed by atoms with van der Waals surface area (Å²) >= 11 is 15.8. The highest BCUT2D eigenvalue weighted by Crippen LogP contribution is 2.33. The molecular formula is C29H33BrCl2N4O6. The topological polar surface area (TPSA) is 130 Å². The van der Waals surface area contributed by atoms with E-state index in [4.69, 9.17) is 32.8 Å². The number of ether oxygens (including phenoxy) is 1. The van der Waals surface area contributed by atoms with Gasteiger partial charge in [-0.15, -0.1) is 0 Å². The number of benzene rings is 2. The third-order valence-corrected chi connectivity index (χ3v) is 6.44. The fourth-order valence-corrected chi connectivity index (χ4v) is 4.41. The van der Waals surface area contributed by atoms with Gasteiger partial charge >= 0.3 is 6.09 Å². The molecule has 0 fully saturated rings. The lowest BCUT2D eigenvalue weighted by molar-refractivity contribution is -0.114. The van der Waals surface area contributed by atoms with Gasteiger partial charge < -0.3 is 15.2 Å². The van der Waals surface area contributed by atoms with Crippen molar-refractivity contribution in [1.82, 2.24) is 10.4 Å². The van der Waals surface area contributed by atoms with E-state index in [1.807, 2.05) is 0 Å². The third kappa shape index (κ3) is 10.5. The highest BCUT2D eigenvalue weighted by molar-refractivity contribution is 9.09. The maximum Gasteiger partial charge on any atom is 0.413 e. The number of nitrogens with zero attached hydrogens (tertiary/aromatic N) is 2. The van der Waals surface area contributed by atoms with Crippen molar-refractivity contribution in [1.29, 1.82) is 0 Å². The average Bonchev–Trinajstić information content (AvgIpc) is 2.91. The summed E-state index contributed by atoms with van der Waals surface area (Å²) in [6, 6.07) is 9.95. The number of carbonyl (C=O) groups excluding carboxylic acids is 2. The van der Waals surface area contributed by atoms with Gasteiger partial charge in [0.15, 0.2) is 0 Å². The van der Waals surface area contributed by atoms with Crippen LogP contribution >= 0.6 is 39.1 Å². The Morgan fingerprint density at radius 2 is 1.76 bits per heavy atom. The second-order valence-corrected chi connectivity index (χ2v) is 11.0. The number of alkyl halides is 1. The lowest BCUT2D eigenvalue weighted by Gasteiger charge is -2.33. The maximum atomic E-state index is 13.3. The van der Waals surface area contributed by atoms with E-state index in [9.17, 15) is 19.5 Å². The van der Waals surface area contributed by atoms with Crippen LogP contribution in [0, 0.1) is 0 Å². The van der Waals surface area contributed by atoms with Crippen LogP contribution in [0.3, 0.4) is 0 Å². The Bertz CT molecular complexity index is 1330. The summed E-state index contributed by atoms with van der Waals surface area (Å²) < 4.78 is 5.51. The fourth-order valence-electron chi connectivity index (χ4n) is 3.65. The van der Waals surface area contributed by atoms with E-state index in [1.165, 1.54) is 18.2 Å². The standard InChI is InChI=1S/C29H33BrCl2N4O6/c1-6-12-41-20-10-8-19(9-11-20)23(35-42-7-2)16-25(37)33-24(36(28(39)40)29(3,4)5)15-18-13-21(31)27(22(32)14-18)34-26(38)17-30/h6,8-11,13-14,16,35H,1,7,12,15,17H2,2-5H3,(H,34,38)(H,39,40). The molecule has 2 aromatic carbocycles. The van der Waals surface area contributed by atoms with E-state index in [1.54, 1.807) is 58.0 Å². The summed E-state index contributed by atoms with van der Waals surface area (Å²) in [4.78, 5) is 48.0. The zero-order valence-electron chi connectivity index (χ0n) is 23.7. The molecule has 0 aromatic heterocycles. The van der Waals surface area contributed by atoms with Crippen LogP contribution in [0.5, 0.6) is 5.75 Å². The number of halogens is 3. The normalized spacial score (nSPS) is 12.0. The van der Waals surface area contributed by atoms with E-state index in [-0.39, 0.29) is 39.2 Å². The molecule has 0 unspecified atom stereocenters. The number of rotatable bonds is 12. The highest BCUT2D eigenvalue weighted by atomic mass is 79.9. The monoisotopic (exact) mass is 682 g/mol. The van der Waals surface area contributed by atoms with Crippen molar-refractivity contribution in [3.8, 4) is 5.75 Å². The summed E-state index contributed by atoms with van der Waals surface area (Å²) in [6.45, 7) is 11.1. The van der Waals surface area contributed by atoms with Gasteiger partial charge in [0.05, 0.1) is 33.4 Å². The van der Waals surface area contributed by atoms with Crippen LogP contribution in [-0.2, 0) is 20.8 Å². The van der Waals surface area contributed by atoms with Crippen molar-refractivity contribution >= 4 is 74.3 Å². The molecule has 0 saturated carbocycles. The van der Waals surface area contributed by atoms with Gasteiger partial charge in [-0.05, 0) is 69.7 Å². The number of aliphatic imine (C=N–C) groups is 1. The second kappa shape index (κ2) is 16.3. The van der Waals surface area contributed by atoms with E-state index in [2.05, 4.69) is 38.3 Å². The van der Waals surface area contributed by atoms with Crippen LogP contribution in [0.4, 0.5) is 10.5 Å². The number of hydrogen-bond acceptors (Lipinski definition) is 6. The van der Waals surface area contributed by atoms with E-state index < -0.39 is 17.5 Å². The summed E-state index contributed by atoms with van der Waals surface area (Å²) in [5.41, 5.74) is 3.36. The van der Waals surface area contributed by atoms with Crippen LogP contribution < -0.4 is 15.5 Å². The molecule has 10 nitrogen and oxygen atoms in total. The van der Waals surface area contributed by atoms with Gasteiger partial charge in [0, 0.05) is 23.6 Å². The first-order valence-corrected chi connectivity index (χ1v) is 14.6. The van der Waals surface area contributed by atoms with Crippen molar-refractivity contribution in [3.05, 3.63) is 76.3 Å². The number of amidine groups is 1. The van der Waals surface area contributed by atoms with Gasteiger partial charge in [0.2, 0.25) is 5.91 Å². The predicted molar refractivity (Wildman–Crippen MR) is 170 cm³/mol. The molecule has 226 valence electrons. The molecule has 0 aliphatic rings. The second-order valence-electron chi connectivity index (χ2n) is 9.67. The third-order valence-electron chi connectivity index (χ3n) is 5.34. The Hall–Kier alpha value is -3.38. The molecule has 3 amide bonds. The number of anilines is 1. The maximum absolute atomic E-state index is 13.3. The van der Waals surface area contributed by atoms with Crippen molar-refractivity contribution in [2.75, 3.05) is 23.9 Å². The quantitative estimate of drug-likeness (QED) is 0.0566. The van der Waals surface area contributed by atoms with Crippen molar-refractivity contribution in [3.63, 3.8) is 0 Å². The van der Waals surface area contributed by atoms with E-state index >= 15 is 0 Å². The zero-order chi connectivity index (χ0) is 31.4. The fraction of sp³-hybridized carbons (Fsp3) is 0.310. The van der Waals surface area contributed by atoms with Gasteiger partial charge in [0.1, 0.15) is 18.2 Å². The van der Waals surface area contributed by atoms with Crippen LogP contribution in [0.1, 0.15) is 38.8 Å². The number of amides is 3. The molecule has 42 heavy (non-hydrogen) atoms. The minimum atomic E-state index is -1.31. The average molecular weight is 684 g/mol. The lowest BCUT2D eigenvalue weighted by Crippen LogP contribution is -2.49. The smallest absolute Gasteiger partial charge is 0.413 e. The van der Waals surface area contributed by atoms with Gasteiger partial charge in [-0.1, -0.05) is 51.8 Å². The summed E-state index contributed by atoms with van der Waals surface area (Å²) in [5.74, 6) is -0.553. The Kier molecular flexibility index (Phi) is 13.5. The number of hydrogen-bond donors (Lipinski definition) is 3. The molecule has 0 saturated heterocycles. The molecule has 0 atom stereocenters. The molecule has 0 aliphatic heterocycles. The van der Waals surface area contributed by atoms with Gasteiger partial charge in [-0.25, -0.2) is 4.79 Å². The van der Waals surface area contributed by atoms with Crippen molar-refractivity contribution in [2.24, 2.45) is 4.99 Å². The molecule has 2 rings (SSSR count). The first kappa shape index (κ1) is 34.8. The highest BCUT2D eigenvalue weighted by Gasteiger charge is 2.31. The predicted octanol–water partition coefficient (Wildman–Crippen LogP) is 6.72. The largest absolute Gasteiger partial charge is 0.490 e. The molecular weight excluding hydrogens is 651 g/mol. The van der Waals surface area contributed by atoms with Gasteiger partial charge in [0.25, 0.3) is 5.91 Å². The molecule has 0 aliphatic carbocycles. The Balaban J connectivity index is 2.55. The zero-order valence-corrected chi connectivity index (χ0v) is 26.8. The van der Waals surface area contributed by atoms with Crippen LogP contribution in [0.15, 0.2) is 60.1 Å². The Morgan fingerprint density at radius 1 is 1.14 bits per heavy atom. The first-order valence-electron chi connectivity index (χ1n) is 12.7. The summed E-state index contributed by atoms with van der Waals surface area (Å²) in [5, 5.41) is 13.0. The van der Waals surface area contributed by atoms with Gasteiger partial charge in [-0.2, -0.15) is 4.99 Å². The Labute approximate surface area is 263 Å².